The van der Waals surface area contributed by atoms with Crippen LogP contribution in [0.1, 0.15) is 45.1 Å². The molecular formula is C27H33N3O3S. The monoisotopic (exact) mass is 479 g/mol. The number of carbonyl (C=O) groups excluding carboxylic acids is 2. The van der Waals surface area contributed by atoms with Gasteiger partial charge in [-0.15, -0.1) is 0 Å². The van der Waals surface area contributed by atoms with Gasteiger partial charge in [0.25, 0.3) is 0 Å². The number of nitrogens with zero attached hydrogens (tertiary/aromatic N) is 3. The number of hydrogen-bond acceptors (Lipinski definition) is 5. The molecule has 7 heteroatoms. The molecule has 3 aromatic rings. The maximum absolute atomic E-state index is 12.9. The third-order valence-electron chi connectivity index (χ3n) is 6.09. The number of carbonyl (C=O) groups is 2. The van der Waals surface area contributed by atoms with Gasteiger partial charge in [-0.2, -0.15) is 0 Å². The lowest BCUT2D eigenvalue weighted by molar-refractivity contribution is -0.149. The van der Waals surface area contributed by atoms with Crippen LogP contribution in [0.4, 0.5) is 0 Å². The van der Waals surface area contributed by atoms with E-state index in [1.165, 1.54) is 0 Å². The minimum Gasteiger partial charge on any atom is -0.461 e. The van der Waals surface area contributed by atoms with E-state index in [-0.39, 0.29) is 24.5 Å². The van der Waals surface area contributed by atoms with Gasteiger partial charge in [0.1, 0.15) is 6.54 Å². The van der Waals surface area contributed by atoms with Crippen molar-refractivity contribution in [3.8, 4) is 0 Å². The van der Waals surface area contributed by atoms with Gasteiger partial charge in [-0.1, -0.05) is 61.2 Å². The molecule has 1 aromatic heterocycles. The smallest absolute Gasteiger partial charge is 0.326 e. The Morgan fingerprint density at radius 3 is 2.62 bits per heavy atom. The van der Waals surface area contributed by atoms with Gasteiger partial charge in [0.2, 0.25) is 5.91 Å². The second-order valence-corrected chi connectivity index (χ2v) is 9.92. The van der Waals surface area contributed by atoms with E-state index in [1.807, 2.05) is 73.0 Å². The molecule has 1 fully saturated rings. The summed E-state index contributed by atoms with van der Waals surface area (Å²) >= 11 is 1.64. The molecule has 0 spiro atoms. The maximum Gasteiger partial charge on any atom is 0.326 e. The normalized spacial score (nSPS) is 14.2. The number of thioether (sulfide) groups is 1. The largest absolute Gasteiger partial charge is 0.461 e. The van der Waals surface area contributed by atoms with Crippen molar-refractivity contribution in [1.29, 1.82) is 0 Å². The molecule has 0 radical (unpaired) electrons. The van der Waals surface area contributed by atoms with Gasteiger partial charge < -0.3 is 14.2 Å². The molecule has 1 amide bonds. The highest BCUT2D eigenvalue weighted by Gasteiger charge is 2.32. The number of amides is 1. The Morgan fingerprint density at radius 2 is 1.88 bits per heavy atom. The zero-order valence-corrected chi connectivity index (χ0v) is 20.8. The van der Waals surface area contributed by atoms with Gasteiger partial charge >= 0.3 is 5.97 Å². The fraction of sp³-hybridized carbons (Fsp3) is 0.444. The van der Waals surface area contributed by atoms with Gasteiger partial charge in [0, 0.05) is 18.3 Å². The zero-order chi connectivity index (χ0) is 23.9. The van der Waals surface area contributed by atoms with Crippen LogP contribution in [0, 0.1) is 0 Å². The lowest BCUT2D eigenvalue weighted by Gasteiger charge is -2.22. The number of imidazole rings is 1. The average molecular weight is 480 g/mol. The van der Waals surface area contributed by atoms with Crippen LogP contribution in [0.5, 0.6) is 0 Å². The number of benzene rings is 2. The highest BCUT2D eigenvalue weighted by Crippen LogP contribution is 2.29. The summed E-state index contributed by atoms with van der Waals surface area (Å²) in [6.45, 7) is 4.81. The number of esters is 1. The average Bonchev–Trinajstić information content (AvgIpc) is 3.62. The quantitative estimate of drug-likeness (QED) is 0.206. The van der Waals surface area contributed by atoms with Gasteiger partial charge in [-0.3, -0.25) is 9.59 Å². The van der Waals surface area contributed by atoms with E-state index in [1.54, 1.807) is 11.8 Å². The predicted molar refractivity (Wildman–Crippen MR) is 136 cm³/mol. The first-order chi connectivity index (χ1) is 16.5. The van der Waals surface area contributed by atoms with Gasteiger partial charge in [0.05, 0.1) is 23.6 Å². The second kappa shape index (κ2) is 11.6. The molecule has 0 bridgehead atoms. The third kappa shape index (κ3) is 6.41. The maximum atomic E-state index is 12.9. The zero-order valence-electron chi connectivity index (χ0n) is 20.0. The van der Waals surface area contributed by atoms with Crippen molar-refractivity contribution in [2.75, 3.05) is 12.3 Å². The van der Waals surface area contributed by atoms with Crippen LogP contribution in [0.15, 0.2) is 59.8 Å². The van der Waals surface area contributed by atoms with Crippen molar-refractivity contribution in [1.82, 2.24) is 14.5 Å². The van der Waals surface area contributed by atoms with Crippen molar-refractivity contribution < 1.29 is 14.3 Å². The molecule has 0 N–H and O–H groups in total. The fourth-order valence-corrected chi connectivity index (χ4v) is 4.90. The van der Waals surface area contributed by atoms with E-state index in [9.17, 15) is 9.59 Å². The molecule has 0 aliphatic heterocycles. The van der Waals surface area contributed by atoms with E-state index in [4.69, 9.17) is 9.72 Å². The molecule has 0 saturated heterocycles. The number of fused-ring (bicyclic) bond motifs is 1. The van der Waals surface area contributed by atoms with Crippen LogP contribution in [0.3, 0.4) is 0 Å². The van der Waals surface area contributed by atoms with Crippen molar-refractivity contribution in [2.45, 2.75) is 69.8 Å². The Labute approximate surface area is 205 Å². The first kappa shape index (κ1) is 24.3. The van der Waals surface area contributed by atoms with Gasteiger partial charge in [0.15, 0.2) is 5.16 Å². The van der Waals surface area contributed by atoms with E-state index in [0.29, 0.717) is 12.5 Å². The molecular weight excluding hydrogens is 446 g/mol. The molecule has 2 aromatic carbocycles. The van der Waals surface area contributed by atoms with Gasteiger partial charge in [-0.25, -0.2) is 4.98 Å². The minimum absolute atomic E-state index is 0.0970. The Hall–Kier alpha value is -2.80. The van der Waals surface area contributed by atoms with Crippen molar-refractivity contribution >= 4 is 34.7 Å². The van der Waals surface area contributed by atoms with Crippen LogP contribution < -0.4 is 0 Å². The minimum atomic E-state index is -0.245. The van der Waals surface area contributed by atoms with Crippen LogP contribution in [0.2, 0.25) is 0 Å². The first-order valence-corrected chi connectivity index (χ1v) is 13.1. The van der Waals surface area contributed by atoms with Crippen LogP contribution in [-0.2, 0) is 27.3 Å². The summed E-state index contributed by atoms with van der Waals surface area (Å²) in [5, 5.41) is 0.816. The fourth-order valence-electron chi connectivity index (χ4n) is 3.96. The van der Waals surface area contributed by atoms with Crippen LogP contribution >= 0.6 is 11.8 Å². The summed E-state index contributed by atoms with van der Waals surface area (Å²) in [6, 6.07) is 18.2. The van der Waals surface area contributed by atoms with Crippen molar-refractivity contribution in [2.24, 2.45) is 0 Å². The van der Waals surface area contributed by atoms with E-state index in [2.05, 4.69) is 4.90 Å². The number of rotatable bonds is 12. The topological polar surface area (TPSA) is 64.4 Å². The summed E-state index contributed by atoms with van der Waals surface area (Å²) in [5.41, 5.74) is 2.87. The second-order valence-electron chi connectivity index (χ2n) is 8.86. The van der Waals surface area contributed by atoms with Gasteiger partial charge in [-0.05, 0) is 50.3 Å². The number of aromatic nitrogens is 2. The van der Waals surface area contributed by atoms with E-state index in [0.717, 1.165) is 59.7 Å². The molecule has 1 saturated carbocycles. The standard InChI is InChI=1S/C27H33N3O3S/c1-3-20(2)33-26(32)19-30-24-13-8-7-12-23(24)28-27(30)34-17-9-16-29(22-14-15-22)25(31)18-21-10-5-4-6-11-21/h4-8,10-13,20,22H,3,9,14-19H2,1-2H3. The Kier molecular flexibility index (Phi) is 8.27. The number of hydrogen-bond donors (Lipinski definition) is 0. The molecule has 180 valence electrons. The summed E-state index contributed by atoms with van der Waals surface area (Å²) in [6.07, 6.45) is 4.23. The Morgan fingerprint density at radius 1 is 1.15 bits per heavy atom. The van der Waals surface area contributed by atoms with Crippen molar-refractivity contribution in [3.05, 3.63) is 60.2 Å². The molecule has 6 nitrogen and oxygen atoms in total. The predicted octanol–water partition coefficient (Wildman–Crippen LogP) is 5.09. The highest BCUT2D eigenvalue weighted by molar-refractivity contribution is 7.99. The molecule has 1 unspecified atom stereocenters. The summed E-state index contributed by atoms with van der Waals surface area (Å²) in [7, 11) is 0. The van der Waals surface area contributed by atoms with Crippen LogP contribution in [-0.4, -0.2) is 50.8 Å². The van der Waals surface area contributed by atoms with E-state index < -0.39 is 0 Å². The lowest BCUT2D eigenvalue weighted by Crippen LogP contribution is -2.35. The SMILES string of the molecule is CCC(C)OC(=O)Cn1c(SCCCN(C(=O)Cc2ccccc2)C2CC2)nc2ccccc21. The number of para-hydroxylation sites is 2. The summed E-state index contributed by atoms with van der Waals surface area (Å²) in [5.74, 6) is 0.787. The summed E-state index contributed by atoms with van der Waals surface area (Å²) in [4.78, 5) is 32.2. The molecule has 34 heavy (non-hydrogen) atoms. The lowest BCUT2D eigenvalue weighted by atomic mass is 10.1. The first-order valence-electron chi connectivity index (χ1n) is 12.2. The molecule has 1 aliphatic rings. The molecule has 4 rings (SSSR count). The van der Waals surface area contributed by atoms with E-state index >= 15 is 0 Å². The van der Waals surface area contributed by atoms with Crippen molar-refractivity contribution in [3.63, 3.8) is 0 Å². The van der Waals surface area contributed by atoms with Crippen LogP contribution in [0.25, 0.3) is 11.0 Å². The third-order valence-corrected chi connectivity index (χ3v) is 7.16. The Bertz CT molecular complexity index is 1110. The summed E-state index contributed by atoms with van der Waals surface area (Å²) < 4.78 is 7.45. The molecule has 1 atom stereocenters. The number of ether oxygens (including phenoxy) is 1. The Balaban J connectivity index is 1.36. The highest BCUT2D eigenvalue weighted by atomic mass is 32.2. The molecule has 1 aliphatic carbocycles. The molecule has 1 heterocycles.